The molecule has 0 amide bonds. The molecule has 0 bridgehead atoms. The molecule has 0 radical (unpaired) electrons. The van der Waals surface area contributed by atoms with E-state index >= 15 is 0 Å². The lowest BCUT2D eigenvalue weighted by Gasteiger charge is -2.09. The summed E-state index contributed by atoms with van der Waals surface area (Å²) in [6, 6.07) is 21.9. The van der Waals surface area contributed by atoms with Crippen LogP contribution in [-0.2, 0) is 9.53 Å². The number of hydrogen-bond donors (Lipinski definition) is 0. The molecule has 0 heterocycles. The van der Waals surface area contributed by atoms with E-state index in [9.17, 15) is 9.59 Å². The first-order chi connectivity index (χ1) is 18.6. The average molecular weight is 519 g/mol. The summed E-state index contributed by atoms with van der Waals surface area (Å²) in [5.41, 5.74) is 2.21. The van der Waals surface area contributed by atoms with Crippen molar-refractivity contribution in [1.82, 2.24) is 0 Å². The number of rotatable bonds is 13. The van der Waals surface area contributed by atoms with Crippen LogP contribution in [0, 0.1) is 6.92 Å². The Bertz CT molecular complexity index is 1450. The van der Waals surface area contributed by atoms with Crippen molar-refractivity contribution >= 4 is 11.6 Å². The van der Waals surface area contributed by atoms with Gasteiger partial charge in [0.1, 0.15) is 34.5 Å². The number of carbonyl (C=O) groups excluding carboxylic acids is 2. The molecule has 0 N–H and O–H groups in total. The number of aryl methyl sites for hydroxylation is 1. The second kappa shape index (κ2) is 13.4. The second-order valence-electron chi connectivity index (χ2n) is 8.65. The Hall–Kier alpha value is -5.16. The number of carbonyl (C=O) groups is 2. The van der Waals surface area contributed by atoms with Gasteiger partial charge in [0.05, 0.1) is 0 Å². The van der Waals surface area contributed by atoms with Gasteiger partial charge in [-0.25, -0.2) is 0 Å². The fourth-order valence-electron chi connectivity index (χ4n) is 3.13. The third-order valence-electron chi connectivity index (χ3n) is 5.38. The molecule has 3 rings (SSSR count). The van der Waals surface area contributed by atoms with E-state index < -0.39 is 0 Å². The van der Waals surface area contributed by atoms with E-state index in [0.717, 1.165) is 5.75 Å². The quantitative estimate of drug-likeness (QED) is 0.0981. The van der Waals surface area contributed by atoms with E-state index in [4.69, 9.17) is 14.2 Å². The fraction of sp³-hybridized carbons (Fsp3) is 0.0588. The van der Waals surface area contributed by atoms with Crippen LogP contribution in [0.25, 0.3) is 0 Å². The molecule has 5 nitrogen and oxygen atoms in total. The largest absolute Gasteiger partial charge is 0.459 e. The Labute approximate surface area is 229 Å². The summed E-state index contributed by atoms with van der Waals surface area (Å²) in [4.78, 5) is 24.0. The maximum Gasteiger partial charge on any atom is 0.192 e. The zero-order valence-corrected chi connectivity index (χ0v) is 22.1. The maximum absolute atomic E-state index is 12.8. The molecule has 39 heavy (non-hydrogen) atoms. The molecule has 0 spiro atoms. The normalized spacial score (nSPS) is 10.7. The molecular formula is C34H30O5. The number of Topliss-reactive ketones (excluding diaryl/α,β-unsaturated/α-hetero) is 2. The minimum absolute atomic E-state index is 0.148. The fourth-order valence-corrected chi connectivity index (χ4v) is 3.13. The summed E-state index contributed by atoms with van der Waals surface area (Å²) >= 11 is 0. The van der Waals surface area contributed by atoms with Crippen LogP contribution < -0.4 is 9.47 Å². The van der Waals surface area contributed by atoms with E-state index in [1.54, 1.807) is 24.3 Å². The predicted octanol–water partition coefficient (Wildman–Crippen LogP) is 8.62. The van der Waals surface area contributed by atoms with E-state index in [-0.39, 0.29) is 28.7 Å². The monoisotopic (exact) mass is 518 g/mol. The van der Waals surface area contributed by atoms with Gasteiger partial charge in [0.25, 0.3) is 0 Å². The van der Waals surface area contributed by atoms with Crippen molar-refractivity contribution < 1.29 is 23.8 Å². The molecule has 0 saturated carbocycles. The number of ether oxygens (including phenoxy) is 3. The van der Waals surface area contributed by atoms with Gasteiger partial charge in [0, 0.05) is 16.7 Å². The van der Waals surface area contributed by atoms with Crippen LogP contribution >= 0.6 is 0 Å². The first-order valence-corrected chi connectivity index (χ1v) is 12.1. The summed E-state index contributed by atoms with van der Waals surface area (Å²) < 4.78 is 17.2. The molecule has 0 unspecified atom stereocenters. The molecule has 0 aliphatic rings. The first kappa shape index (κ1) is 28.4. The van der Waals surface area contributed by atoms with Gasteiger partial charge in [-0.2, -0.15) is 0 Å². The van der Waals surface area contributed by atoms with Crippen molar-refractivity contribution in [3.8, 4) is 23.0 Å². The third-order valence-corrected chi connectivity index (χ3v) is 5.38. The lowest BCUT2D eigenvalue weighted by atomic mass is 10.0. The summed E-state index contributed by atoms with van der Waals surface area (Å²) in [5, 5.41) is 0. The molecular weight excluding hydrogens is 488 g/mol. The highest BCUT2D eigenvalue weighted by Crippen LogP contribution is 2.27. The van der Waals surface area contributed by atoms with Crippen LogP contribution in [0.15, 0.2) is 146 Å². The highest BCUT2D eigenvalue weighted by atomic mass is 16.5. The SMILES string of the molecule is C=C(/C=C\C(=C)C(C)=O)OC(=C)/C=C\C(=C)C(=O)c1ccc(Oc2ccc(Oc3ccc(C)cc3)cc2)cc1. The van der Waals surface area contributed by atoms with Crippen LogP contribution in [0.5, 0.6) is 23.0 Å². The topological polar surface area (TPSA) is 61.8 Å². The minimum Gasteiger partial charge on any atom is -0.459 e. The summed E-state index contributed by atoms with van der Waals surface area (Å²) in [6.45, 7) is 18.4. The van der Waals surface area contributed by atoms with E-state index in [0.29, 0.717) is 28.4 Å². The van der Waals surface area contributed by atoms with Gasteiger partial charge in [-0.1, -0.05) is 44.0 Å². The molecule has 0 aromatic heterocycles. The summed E-state index contributed by atoms with van der Waals surface area (Å²) in [7, 11) is 0. The van der Waals surface area contributed by atoms with E-state index in [1.807, 2.05) is 55.5 Å². The molecule has 196 valence electrons. The standard InChI is InChI=1S/C34H30O5/c1-23-7-15-30(16-8-23)38-32-19-21-33(22-20-32)39-31-17-13-29(14-18-31)34(36)25(3)10-12-27(5)37-26(4)11-9-24(2)28(6)35/h7-22H,2-5H2,1,6H3/b11-9-,12-10-. The van der Waals surface area contributed by atoms with Crippen molar-refractivity contribution in [1.29, 1.82) is 0 Å². The number of benzene rings is 3. The van der Waals surface area contributed by atoms with Gasteiger partial charge in [0.2, 0.25) is 0 Å². The number of ketones is 2. The highest BCUT2D eigenvalue weighted by Gasteiger charge is 2.09. The molecule has 0 aliphatic heterocycles. The lowest BCUT2D eigenvalue weighted by molar-refractivity contribution is -0.113. The van der Waals surface area contributed by atoms with Crippen molar-refractivity contribution in [2.24, 2.45) is 0 Å². The van der Waals surface area contributed by atoms with Crippen LogP contribution in [0.1, 0.15) is 22.8 Å². The molecule has 0 fully saturated rings. The Morgan fingerprint density at radius 1 is 0.590 bits per heavy atom. The van der Waals surface area contributed by atoms with Crippen molar-refractivity contribution in [3.63, 3.8) is 0 Å². The van der Waals surface area contributed by atoms with Crippen LogP contribution in [-0.4, -0.2) is 11.6 Å². The van der Waals surface area contributed by atoms with Gasteiger partial charge in [-0.3, -0.25) is 9.59 Å². The average Bonchev–Trinajstić information content (AvgIpc) is 2.92. The van der Waals surface area contributed by atoms with Gasteiger partial charge >= 0.3 is 0 Å². The Morgan fingerprint density at radius 2 is 0.974 bits per heavy atom. The summed E-state index contributed by atoms with van der Waals surface area (Å²) in [6.07, 6.45) is 6.05. The van der Waals surface area contributed by atoms with Gasteiger partial charge in [-0.05, 0) is 98.8 Å². The Balaban J connectivity index is 1.51. The number of hydrogen-bond acceptors (Lipinski definition) is 5. The van der Waals surface area contributed by atoms with Crippen LogP contribution in [0.4, 0.5) is 0 Å². The lowest BCUT2D eigenvalue weighted by Crippen LogP contribution is -2.00. The molecule has 0 saturated heterocycles. The molecule has 3 aromatic carbocycles. The van der Waals surface area contributed by atoms with E-state index in [2.05, 4.69) is 26.3 Å². The molecule has 3 aromatic rings. The second-order valence-corrected chi connectivity index (χ2v) is 8.65. The first-order valence-electron chi connectivity index (χ1n) is 12.1. The zero-order chi connectivity index (χ0) is 28.4. The molecule has 0 atom stereocenters. The molecule has 5 heteroatoms. The predicted molar refractivity (Wildman–Crippen MR) is 155 cm³/mol. The van der Waals surface area contributed by atoms with Gasteiger partial charge < -0.3 is 14.2 Å². The Morgan fingerprint density at radius 3 is 1.41 bits per heavy atom. The highest BCUT2D eigenvalue weighted by molar-refractivity contribution is 6.10. The van der Waals surface area contributed by atoms with Crippen LogP contribution in [0.2, 0.25) is 0 Å². The molecule has 0 aliphatic carbocycles. The van der Waals surface area contributed by atoms with E-state index in [1.165, 1.54) is 36.8 Å². The van der Waals surface area contributed by atoms with Crippen LogP contribution in [0.3, 0.4) is 0 Å². The minimum atomic E-state index is -0.250. The van der Waals surface area contributed by atoms with Crippen molar-refractivity contribution in [3.05, 3.63) is 157 Å². The third kappa shape index (κ3) is 9.02. The Kier molecular flexibility index (Phi) is 9.76. The summed E-state index contributed by atoms with van der Waals surface area (Å²) in [5.74, 6) is 2.81. The van der Waals surface area contributed by atoms with Gasteiger partial charge in [0.15, 0.2) is 11.6 Å². The zero-order valence-electron chi connectivity index (χ0n) is 22.1. The van der Waals surface area contributed by atoms with Crippen molar-refractivity contribution in [2.45, 2.75) is 13.8 Å². The number of allylic oxidation sites excluding steroid dienone is 6. The maximum atomic E-state index is 12.8. The van der Waals surface area contributed by atoms with Gasteiger partial charge in [-0.15, -0.1) is 0 Å². The van der Waals surface area contributed by atoms with Crippen molar-refractivity contribution in [2.75, 3.05) is 0 Å². The smallest absolute Gasteiger partial charge is 0.192 e.